The summed E-state index contributed by atoms with van der Waals surface area (Å²) >= 11 is 1.56. The van der Waals surface area contributed by atoms with Gasteiger partial charge in [0.1, 0.15) is 0 Å². The molecule has 0 aromatic heterocycles. The largest absolute Gasteiger partial charge is 0.396 e. The number of aliphatic hydroxyl groups excluding tert-OH is 1. The molecule has 0 aliphatic carbocycles. The molecule has 0 aliphatic heterocycles. The van der Waals surface area contributed by atoms with Crippen LogP contribution in [0.15, 0.2) is 4.90 Å². The molecule has 0 spiro atoms. The van der Waals surface area contributed by atoms with Crippen molar-refractivity contribution >= 4 is 21.8 Å². The highest BCUT2D eigenvalue weighted by molar-refractivity contribution is 7.98. The Balaban J connectivity index is 3.34. The lowest BCUT2D eigenvalue weighted by molar-refractivity contribution is 0.276. The molecule has 0 aliphatic rings. The molecule has 2 N–H and O–H groups in total. The van der Waals surface area contributed by atoms with E-state index in [1.807, 2.05) is 40.9 Å². The van der Waals surface area contributed by atoms with E-state index in [1.54, 1.807) is 11.8 Å². The number of hydrogen-bond donors (Lipinski definition) is 2. The summed E-state index contributed by atoms with van der Waals surface area (Å²) in [5.41, 5.74) is 4.80. The van der Waals surface area contributed by atoms with Gasteiger partial charge in [-0.25, -0.2) is 13.1 Å². The number of hydrogen-bond acceptors (Lipinski definition) is 4. The highest BCUT2D eigenvalue weighted by atomic mass is 32.2. The molecule has 0 saturated heterocycles. The molecular formula is C16H27NO3S2. The van der Waals surface area contributed by atoms with E-state index >= 15 is 0 Å². The lowest BCUT2D eigenvalue weighted by Gasteiger charge is -2.22. The zero-order chi connectivity index (χ0) is 17.1. The van der Waals surface area contributed by atoms with Crippen LogP contribution in [0.1, 0.15) is 34.2 Å². The minimum absolute atomic E-state index is 0.0301. The van der Waals surface area contributed by atoms with Crippen molar-refractivity contribution in [3.05, 3.63) is 27.8 Å². The highest BCUT2D eigenvalue weighted by Crippen LogP contribution is 2.29. The first-order chi connectivity index (χ1) is 10.2. The van der Waals surface area contributed by atoms with Gasteiger partial charge in [-0.3, -0.25) is 0 Å². The third-order valence-corrected chi connectivity index (χ3v) is 6.90. The van der Waals surface area contributed by atoms with E-state index in [2.05, 4.69) is 4.72 Å². The Morgan fingerprint density at radius 2 is 1.45 bits per heavy atom. The summed E-state index contributed by atoms with van der Waals surface area (Å²) in [4.78, 5) is 0.386. The van der Waals surface area contributed by atoms with Crippen molar-refractivity contribution in [2.45, 2.75) is 52.0 Å². The third kappa shape index (κ3) is 4.04. The van der Waals surface area contributed by atoms with Crippen LogP contribution >= 0.6 is 11.8 Å². The fraction of sp³-hybridized carbons (Fsp3) is 0.625. The number of rotatable bonds is 7. The van der Waals surface area contributed by atoms with Crippen LogP contribution in [0.5, 0.6) is 0 Å². The van der Waals surface area contributed by atoms with Crippen molar-refractivity contribution in [2.75, 3.05) is 18.6 Å². The summed E-state index contributed by atoms with van der Waals surface area (Å²) < 4.78 is 28.5. The third-order valence-electron chi connectivity index (χ3n) is 4.37. The Morgan fingerprint density at radius 1 is 1.00 bits per heavy atom. The Bertz CT molecular complexity index is 604. The van der Waals surface area contributed by atoms with Crippen LogP contribution in [0.25, 0.3) is 0 Å². The smallest absolute Gasteiger partial charge is 0.241 e. The Hall–Kier alpha value is -0.560. The van der Waals surface area contributed by atoms with Crippen LogP contribution in [0.4, 0.5) is 0 Å². The molecule has 0 heterocycles. The van der Waals surface area contributed by atoms with Gasteiger partial charge in [-0.15, -0.1) is 0 Å². The topological polar surface area (TPSA) is 66.4 Å². The fourth-order valence-electron chi connectivity index (χ4n) is 2.68. The van der Waals surface area contributed by atoms with Crippen LogP contribution in [0, 0.1) is 34.6 Å². The highest BCUT2D eigenvalue weighted by Gasteiger charge is 2.26. The van der Waals surface area contributed by atoms with Gasteiger partial charge in [-0.2, -0.15) is 11.8 Å². The van der Waals surface area contributed by atoms with Crippen molar-refractivity contribution in [1.29, 1.82) is 0 Å². The minimum atomic E-state index is -3.60. The number of sulfonamides is 1. The fourth-order valence-corrected chi connectivity index (χ4v) is 5.31. The van der Waals surface area contributed by atoms with Crippen LogP contribution < -0.4 is 4.72 Å². The molecule has 0 radical (unpaired) electrons. The molecule has 1 atom stereocenters. The molecule has 6 heteroatoms. The van der Waals surface area contributed by atoms with Gasteiger partial charge in [-0.1, -0.05) is 0 Å². The van der Waals surface area contributed by atoms with E-state index in [-0.39, 0.29) is 12.6 Å². The lowest BCUT2D eigenvalue weighted by Crippen LogP contribution is -2.38. The maximum absolute atomic E-state index is 12.8. The SMILES string of the molecule is CSCC(CCO)NS(=O)(=O)c1c(C)c(C)c(C)c(C)c1C. The van der Waals surface area contributed by atoms with E-state index in [0.29, 0.717) is 17.1 Å². The summed E-state index contributed by atoms with van der Waals surface area (Å²) in [6.07, 6.45) is 2.34. The van der Waals surface area contributed by atoms with Gasteiger partial charge in [-0.05, 0) is 75.1 Å². The molecule has 0 fully saturated rings. The molecule has 1 aromatic carbocycles. The average Bonchev–Trinajstić information content (AvgIpc) is 2.43. The zero-order valence-corrected chi connectivity index (χ0v) is 15.9. The van der Waals surface area contributed by atoms with Crippen LogP contribution in [0.2, 0.25) is 0 Å². The van der Waals surface area contributed by atoms with Crippen molar-refractivity contribution in [1.82, 2.24) is 4.72 Å². The summed E-state index contributed by atoms with van der Waals surface area (Å²) in [5.74, 6) is 0.641. The first-order valence-electron chi connectivity index (χ1n) is 7.36. The van der Waals surface area contributed by atoms with Crippen LogP contribution in [-0.4, -0.2) is 38.2 Å². The summed E-state index contributed by atoms with van der Waals surface area (Å²) in [5, 5.41) is 9.12. The summed E-state index contributed by atoms with van der Waals surface area (Å²) in [7, 11) is -3.60. The molecule has 1 aromatic rings. The van der Waals surface area contributed by atoms with Crippen molar-refractivity contribution in [2.24, 2.45) is 0 Å². The van der Waals surface area contributed by atoms with E-state index in [1.165, 1.54) is 0 Å². The normalized spacial score (nSPS) is 13.4. The average molecular weight is 346 g/mol. The second-order valence-electron chi connectivity index (χ2n) is 5.74. The predicted molar refractivity (Wildman–Crippen MR) is 94.3 cm³/mol. The van der Waals surface area contributed by atoms with Gasteiger partial charge in [0.15, 0.2) is 0 Å². The van der Waals surface area contributed by atoms with Gasteiger partial charge in [0, 0.05) is 18.4 Å². The standard InChI is InChI=1S/C16H27NO3S2/c1-10-11(2)13(4)16(14(5)12(10)3)22(19,20)17-15(7-8-18)9-21-6/h15,17-18H,7-9H2,1-6H3. The van der Waals surface area contributed by atoms with E-state index < -0.39 is 10.0 Å². The quantitative estimate of drug-likeness (QED) is 0.797. The number of benzene rings is 1. The minimum Gasteiger partial charge on any atom is -0.396 e. The second kappa shape index (κ2) is 7.81. The van der Waals surface area contributed by atoms with Gasteiger partial charge in [0.2, 0.25) is 10.0 Å². The van der Waals surface area contributed by atoms with E-state index in [9.17, 15) is 8.42 Å². The number of nitrogens with one attached hydrogen (secondary N) is 1. The first-order valence-corrected chi connectivity index (χ1v) is 10.2. The maximum Gasteiger partial charge on any atom is 0.241 e. The molecule has 22 heavy (non-hydrogen) atoms. The van der Waals surface area contributed by atoms with Gasteiger partial charge in [0.05, 0.1) is 4.90 Å². The van der Waals surface area contributed by atoms with Crippen LogP contribution in [-0.2, 0) is 10.0 Å². The van der Waals surface area contributed by atoms with Gasteiger partial charge >= 0.3 is 0 Å². The Labute approximate surface area is 138 Å². The molecule has 126 valence electrons. The van der Waals surface area contributed by atoms with Gasteiger partial charge in [0.25, 0.3) is 0 Å². The Kier molecular flexibility index (Phi) is 6.92. The molecule has 4 nitrogen and oxygen atoms in total. The summed E-state index contributed by atoms with van der Waals surface area (Å²) in [6.45, 7) is 9.64. The van der Waals surface area contributed by atoms with Crippen LogP contribution in [0.3, 0.4) is 0 Å². The zero-order valence-electron chi connectivity index (χ0n) is 14.3. The molecular weight excluding hydrogens is 318 g/mol. The first kappa shape index (κ1) is 19.5. The number of aliphatic hydroxyl groups is 1. The van der Waals surface area contributed by atoms with Crippen molar-refractivity contribution < 1.29 is 13.5 Å². The monoisotopic (exact) mass is 345 g/mol. The number of thioether (sulfide) groups is 1. The maximum atomic E-state index is 12.8. The lowest BCUT2D eigenvalue weighted by atomic mass is 9.95. The van der Waals surface area contributed by atoms with Gasteiger partial charge < -0.3 is 5.11 Å². The molecule has 1 rings (SSSR count). The molecule has 0 saturated carbocycles. The molecule has 0 bridgehead atoms. The second-order valence-corrected chi connectivity index (χ2v) is 8.30. The molecule has 0 amide bonds. The predicted octanol–water partition coefficient (Wildman–Crippen LogP) is 2.62. The van der Waals surface area contributed by atoms with Crippen molar-refractivity contribution in [3.63, 3.8) is 0 Å². The van der Waals surface area contributed by atoms with E-state index in [0.717, 1.165) is 27.8 Å². The van der Waals surface area contributed by atoms with Crippen molar-refractivity contribution in [3.8, 4) is 0 Å². The molecule has 1 unspecified atom stereocenters. The summed E-state index contributed by atoms with van der Waals surface area (Å²) in [6, 6.07) is -0.259. The van der Waals surface area contributed by atoms with E-state index in [4.69, 9.17) is 5.11 Å². The Morgan fingerprint density at radius 3 is 1.86 bits per heavy atom.